The van der Waals surface area contributed by atoms with Crippen molar-refractivity contribution in [2.24, 2.45) is 0 Å². The monoisotopic (exact) mass is 346 g/mol. The molecule has 26 heavy (non-hydrogen) atoms. The summed E-state index contributed by atoms with van der Waals surface area (Å²) >= 11 is 0. The van der Waals surface area contributed by atoms with Crippen LogP contribution in [0.15, 0.2) is 67.0 Å². The van der Waals surface area contributed by atoms with Crippen molar-refractivity contribution in [3.8, 4) is 11.5 Å². The van der Waals surface area contributed by atoms with E-state index in [1.807, 2.05) is 19.1 Å². The van der Waals surface area contributed by atoms with Crippen LogP contribution < -0.4 is 10.1 Å². The van der Waals surface area contributed by atoms with Gasteiger partial charge in [-0.05, 0) is 50.6 Å². The molecule has 0 saturated carbocycles. The van der Waals surface area contributed by atoms with Gasteiger partial charge in [-0.25, -0.2) is 0 Å². The number of hydrogen-bond donors (Lipinski definition) is 1. The maximum absolute atomic E-state index is 12.8. The minimum absolute atomic E-state index is 0.104. The van der Waals surface area contributed by atoms with Gasteiger partial charge in [0.05, 0.1) is 17.8 Å². The number of rotatable bonds is 5. The average molecular weight is 346 g/mol. The quantitative estimate of drug-likeness (QED) is 0.709. The van der Waals surface area contributed by atoms with Crippen LogP contribution in [0.25, 0.3) is 0 Å². The number of benzene rings is 2. The third kappa shape index (κ3) is 4.28. The summed E-state index contributed by atoms with van der Waals surface area (Å²) in [6.07, 6.45) is 3.30. The third-order valence-electron chi connectivity index (χ3n) is 4.09. The number of hydrogen-bond acceptors (Lipinski definition) is 3. The fourth-order valence-electron chi connectivity index (χ4n) is 2.90. The van der Waals surface area contributed by atoms with E-state index in [4.69, 9.17) is 4.74 Å². The van der Waals surface area contributed by atoms with Crippen molar-refractivity contribution in [1.82, 2.24) is 10.3 Å². The number of aryl methyl sites for hydroxylation is 2. The molecule has 2 aromatic carbocycles. The first-order valence-electron chi connectivity index (χ1n) is 8.59. The molecule has 132 valence electrons. The number of ether oxygens (including phenoxy) is 1. The van der Waals surface area contributed by atoms with E-state index in [0.29, 0.717) is 17.1 Å². The fourth-order valence-corrected chi connectivity index (χ4v) is 2.90. The summed E-state index contributed by atoms with van der Waals surface area (Å²) in [6.45, 7) is 6.10. The van der Waals surface area contributed by atoms with Gasteiger partial charge in [0.1, 0.15) is 11.5 Å². The standard InChI is InChI=1S/C22H22N2O2/c1-15-11-16(2)13-18(12-15)17(3)24-22(25)20-8-4-5-9-21(20)26-19-7-6-10-23-14-19/h4-14,17H,1-3H3,(H,24,25). The van der Waals surface area contributed by atoms with Gasteiger partial charge < -0.3 is 10.1 Å². The first-order chi connectivity index (χ1) is 12.5. The number of carbonyl (C=O) groups is 1. The number of nitrogens with one attached hydrogen (secondary N) is 1. The number of carbonyl (C=O) groups excluding carboxylic acids is 1. The molecule has 0 fully saturated rings. The first-order valence-corrected chi connectivity index (χ1v) is 8.59. The molecule has 0 saturated heterocycles. The Labute approximate surface area is 153 Å². The van der Waals surface area contributed by atoms with Gasteiger partial charge >= 0.3 is 0 Å². The highest BCUT2D eigenvalue weighted by molar-refractivity contribution is 5.97. The Bertz CT molecular complexity index is 887. The minimum Gasteiger partial charge on any atom is -0.455 e. The zero-order valence-electron chi connectivity index (χ0n) is 15.2. The Hall–Kier alpha value is -3.14. The first kappa shape index (κ1) is 17.7. The average Bonchev–Trinajstić information content (AvgIpc) is 2.62. The summed E-state index contributed by atoms with van der Waals surface area (Å²) in [5.41, 5.74) is 3.94. The summed E-state index contributed by atoms with van der Waals surface area (Å²) in [6, 6.07) is 17.0. The molecule has 0 radical (unpaired) electrons. The van der Waals surface area contributed by atoms with Crippen LogP contribution in [0, 0.1) is 13.8 Å². The predicted molar refractivity (Wildman–Crippen MR) is 103 cm³/mol. The molecule has 0 aliphatic heterocycles. The Morgan fingerprint density at radius 2 is 1.77 bits per heavy atom. The van der Waals surface area contributed by atoms with Crippen molar-refractivity contribution < 1.29 is 9.53 Å². The number of pyridine rings is 1. The molecule has 4 heteroatoms. The molecule has 1 N–H and O–H groups in total. The Morgan fingerprint density at radius 3 is 2.46 bits per heavy atom. The van der Waals surface area contributed by atoms with Crippen molar-refractivity contribution in [3.05, 3.63) is 89.2 Å². The van der Waals surface area contributed by atoms with Crippen LogP contribution in [-0.4, -0.2) is 10.9 Å². The maximum Gasteiger partial charge on any atom is 0.255 e. The molecule has 1 amide bonds. The van der Waals surface area contributed by atoms with Crippen LogP contribution >= 0.6 is 0 Å². The van der Waals surface area contributed by atoms with Crippen molar-refractivity contribution in [1.29, 1.82) is 0 Å². The summed E-state index contributed by atoms with van der Waals surface area (Å²) in [5, 5.41) is 3.06. The number of amides is 1. The van der Waals surface area contributed by atoms with Crippen LogP contribution in [0.5, 0.6) is 11.5 Å². The van der Waals surface area contributed by atoms with E-state index in [9.17, 15) is 4.79 Å². The van der Waals surface area contributed by atoms with Gasteiger partial charge in [0, 0.05) is 6.20 Å². The van der Waals surface area contributed by atoms with Crippen LogP contribution in [0.2, 0.25) is 0 Å². The van der Waals surface area contributed by atoms with Crippen molar-refractivity contribution >= 4 is 5.91 Å². The normalized spacial score (nSPS) is 11.7. The van der Waals surface area contributed by atoms with Crippen LogP contribution in [-0.2, 0) is 0 Å². The predicted octanol–water partition coefficient (Wildman–Crippen LogP) is 4.98. The van der Waals surface area contributed by atoms with Crippen LogP contribution in [0.4, 0.5) is 0 Å². The summed E-state index contributed by atoms with van der Waals surface area (Å²) < 4.78 is 5.83. The molecule has 0 aliphatic rings. The second kappa shape index (κ2) is 7.83. The molecule has 1 heterocycles. The Morgan fingerprint density at radius 1 is 1.04 bits per heavy atom. The lowest BCUT2D eigenvalue weighted by atomic mass is 10.0. The molecule has 1 aromatic heterocycles. The van der Waals surface area contributed by atoms with Gasteiger partial charge in [0.2, 0.25) is 0 Å². The van der Waals surface area contributed by atoms with Gasteiger partial charge in [-0.3, -0.25) is 9.78 Å². The topological polar surface area (TPSA) is 51.2 Å². The molecule has 1 atom stereocenters. The molecule has 4 nitrogen and oxygen atoms in total. The second-order valence-corrected chi connectivity index (χ2v) is 6.40. The highest BCUT2D eigenvalue weighted by Crippen LogP contribution is 2.25. The van der Waals surface area contributed by atoms with Crippen LogP contribution in [0.3, 0.4) is 0 Å². The van der Waals surface area contributed by atoms with Gasteiger partial charge in [-0.1, -0.05) is 41.5 Å². The maximum atomic E-state index is 12.8. The van der Waals surface area contributed by atoms with E-state index in [-0.39, 0.29) is 11.9 Å². The van der Waals surface area contributed by atoms with E-state index < -0.39 is 0 Å². The number of para-hydroxylation sites is 1. The lowest BCUT2D eigenvalue weighted by Crippen LogP contribution is -2.27. The van der Waals surface area contributed by atoms with E-state index in [0.717, 1.165) is 5.56 Å². The summed E-state index contributed by atoms with van der Waals surface area (Å²) in [4.78, 5) is 16.8. The zero-order chi connectivity index (χ0) is 18.5. The van der Waals surface area contributed by atoms with Crippen molar-refractivity contribution in [2.45, 2.75) is 26.8 Å². The molecular weight excluding hydrogens is 324 g/mol. The summed E-state index contributed by atoms with van der Waals surface area (Å²) in [7, 11) is 0. The number of aromatic nitrogens is 1. The van der Waals surface area contributed by atoms with Gasteiger partial charge in [-0.15, -0.1) is 0 Å². The molecule has 0 bridgehead atoms. The molecule has 1 unspecified atom stereocenters. The Balaban J connectivity index is 1.79. The Kier molecular flexibility index (Phi) is 5.32. The lowest BCUT2D eigenvalue weighted by molar-refractivity contribution is 0.0937. The SMILES string of the molecule is Cc1cc(C)cc(C(C)NC(=O)c2ccccc2Oc2cccnc2)c1. The van der Waals surface area contributed by atoms with E-state index >= 15 is 0 Å². The van der Waals surface area contributed by atoms with Crippen molar-refractivity contribution in [2.75, 3.05) is 0 Å². The van der Waals surface area contributed by atoms with E-state index in [2.05, 4.69) is 42.3 Å². The van der Waals surface area contributed by atoms with Crippen molar-refractivity contribution in [3.63, 3.8) is 0 Å². The smallest absolute Gasteiger partial charge is 0.255 e. The molecule has 0 aliphatic carbocycles. The zero-order valence-corrected chi connectivity index (χ0v) is 15.2. The molecule has 0 spiro atoms. The fraction of sp³-hybridized carbons (Fsp3) is 0.182. The van der Waals surface area contributed by atoms with Gasteiger partial charge in [0.15, 0.2) is 0 Å². The van der Waals surface area contributed by atoms with Gasteiger partial charge in [-0.2, -0.15) is 0 Å². The molecule has 3 aromatic rings. The summed E-state index contributed by atoms with van der Waals surface area (Å²) in [5.74, 6) is 0.928. The highest BCUT2D eigenvalue weighted by atomic mass is 16.5. The van der Waals surface area contributed by atoms with Crippen LogP contribution in [0.1, 0.15) is 40.0 Å². The highest BCUT2D eigenvalue weighted by Gasteiger charge is 2.16. The van der Waals surface area contributed by atoms with Gasteiger partial charge in [0.25, 0.3) is 5.91 Å². The van der Waals surface area contributed by atoms with E-state index in [1.54, 1.807) is 36.7 Å². The molecule has 3 rings (SSSR count). The minimum atomic E-state index is -0.170. The second-order valence-electron chi connectivity index (χ2n) is 6.40. The third-order valence-corrected chi connectivity index (χ3v) is 4.09. The lowest BCUT2D eigenvalue weighted by Gasteiger charge is -2.17. The van der Waals surface area contributed by atoms with E-state index in [1.165, 1.54) is 11.1 Å². The largest absolute Gasteiger partial charge is 0.455 e. The number of nitrogens with zero attached hydrogens (tertiary/aromatic N) is 1. The molecular formula is C22H22N2O2.